The Bertz CT molecular complexity index is 160. The maximum Gasteiger partial charge on any atom is 0.202 e. The van der Waals surface area contributed by atoms with Crippen LogP contribution in [0.3, 0.4) is 0 Å². The Morgan fingerprint density at radius 1 is 1.33 bits per heavy atom. The molecule has 2 rings (SSSR count). The molecule has 1 saturated carbocycles. The molecule has 1 heteroatoms. The van der Waals surface area contributed by atoms with Crippen LogP contribution in [0.2, 0.25) is 0 Å². The molecule has 0 saturated heterocycles. The van der Waals surface area contributed by atoms with E-state index in [-0.39, 0.29) is 5.92 Å². The van der Waals surface area contributed by atoms with Gasteiger partial charge in [-0.2, -0.15) is 0 Å². The minimum Gasteiger partial charge on any atom is -0.291 e. The molecule has 0 aromatic rings. The van der Waals surface area contributed by atoms with Gasteiger partial charge in [0.25, 0.3) is 0 Å². The standard InChI is InChI=1S/C8H9O/c9-5-8-4-6-1-2-7(8)3-6/h1-2,6-8H,3-4H2. The quantitative estimate of drug-likeness (QED) is 0.478. The average Bonchev–Trinajstić information content (AvgIpc) is 2.45. The van der Waals surface area contributed by atoms with E-state index >= 15 is 0 Å². The Morgan fingerprint density at radius 2 is 2.22 bits per heavy atom. The van der Waals surface area contributed by atoms with Crippen LogP contribution in [0.15, 0.2) is 12.2 Å². The molecular weight excluding hydrogens is 112 g/mol. The minimum atomic E-state index is 0.236. The van der Waals surface area contributed by atoms with Gasteiger partial charge in [0.15, 0.2) is 0 Å². The van der Waals surface area contributed by atoms with Crippen LogP contribution in [0.4, 0.5) is 0 Å². The summed E-state index contributed by atoms with van der Waals surface area (Å²) in [6.45, 7) is 0. The molecular formula is C8H9O. The van der Waals surface area contributed by atoms with Crippen LogP contribution in [-0.2, 0) is 4.79 Å². The largest absolute Gasteiger partial charge is 0.291 e. The summed E-state index contributed by atoms with van der Waals surface area (Å²) in [6, 6.07) is 0. The summed E-state index contributed by atoms with van der Waals surface area (Å²) in [5, 5.41) is 0. The van der Waals surface area contributed by atoms with Crippen molar-refractivity contribution in [1.82, 2.24) is 0 Å². The van der Waals surface area contributed by atoms with Crippen LogP contribution in [0.1, 0.15) is 12.8 Å². The molecule has 9 heavy (non-hydrogen) atoms. The van der Waals surface area contributed by atoms with E-state index in [4.69, 9.17) is 0 Å². The van der Waals surface area contributed by atoms with E-state index in [0.29, 0.717) is 11.8 Å². The van der Waals surface area contributed by atoms with Crippen molar-refractivity contribution in [1.29, 1.82) is 0 Å². The van der Waals surface area contributed by atoms with Gasteiger partial charge in [-0.1, -0.05) is 12.2 Å². The summed E-state index contributed by atoms with van der Waals surface area (Å²) >= 11 is 0. The number of rotatable bonds is 1. The molecule has 3 atom stereocenters. The zero-order valence-electron chi connectivity index (χ0n) is 5.21. The second-order valence-electron chi connectivity index (χ2n) is 3.00. The Kier molecular flexibility index (Phi) is 0.981. The van der Waals surface area contributed by atoms with Crippen molar-refractivity contribution in [2.75, 3.05) is 0 Å². The lowest BCUT2D eigenvalue weighted by Gasteiger charge is -2.07. The van der Waals surface area contributed by atoms with Crippen LogP contribution in [0, 0.1) is 17.8 Å². The SMILES string of the molecule is O=[C]C1CC2C=CC1C2. The molecule has 0 spiro atoms. The first-order valence-corrected chi connectivity index (χ1v) is 3.46. The van der Waals surface area contributed by atoms with Crippen LogP contribution in [0.5, 0.6) is 0 Å². The molecule has 2 aliphatic rings. The molecule has 2 aliphatic carbocycles. The highest BCUT2D eigenvalue weighted by atomic mass is 16.1. The summed E-state index contributed by atoms with van der Waals surface area (Å²) < 4.78 is 0. The van der Waals surface area contributed by atoms with Gasteiger partial charge < -0.3 is 0 Å². The van der Waals surface area contributed by atoms with Gasteiger partial charge >= 0.3 is 0 Å². The van der Waals surface area contributed by atoms with E-state index in [2.05, 4.69) is 18.4 Å². The average molecular weight is 121 g/mol. The first-order chi connectivity index (χ1) is 4.40. The second kappa shape index (κ2) is 1.69. The van der Waals surface area contributed by atoms with Gasteiger partial charge in [0.2, 0.25) is 6.29 Å². The zero-order chi connectivity index (χ0) is 6.27. The van der Waals surface area contributed by atoms with E-state index in [9.17, 15) is 4.79 Å². The lowest BCUT2D eigenvalue weighted by atomic mass is 9.95. The maximum atomic E-state index is 10.2. The highest BCUT2D eigenvalue weighted by Crippen LogP contribution is 2.42. The number of carbonyl (C=O) groups excluding carboxylic acids is 1. The van der Waals surface area contributed by atoms with Crippen molar-refractivity contribution in [3.63, 3.8) is 0 Å². The lowest BCUT2D eigenvalue weighted by Crippen LogP contribution is -2.06. The van der Waals surface area contributed by atoms with Crippen molar-refractivity contribution in [2.45, 2.75) is 12.8 Å². The van der Waals surface area contributed by atoms with E-state index in [1.807, 2.05) is 0 Å². The van der Waals surface area contributed by atoms with Crippen molar-refractivity contribution in [3.8, 4) is 0 Å². The molecule has 3 unspecified atom stereocenters. The zero-order valence-corrected chi connectivity index (χ0v) is 5.21. The van der Waals surface area contributed by atoms with E-state index in [0.717, 1.165) is 6.42 Å². The number of hydrogen-bond donors (Lipinski definition) is 0. The van der Waals surface area contributed by atoms with Gasteiger partial charge in [0.05, 0.1) is 0 Å². The molecule has 0 N–H and O–H groups in total. The van der Waals surface area contributed by atoms with Crippen molar-refractivity contribution < 1.29 is 4.79 Å². The molecule has 1 radical (unpaired) electrons. The fourth-order valence-corrected chi connectivity index (χ4v) is 1.92. The van der Waals surface area contributed by atoms with E-state index < -0.39 is 0 Å². The van der Waals surface area contributed by atoms with Gasteiger partial charge in [-0.3, -0.25) is 4.79 Å². The van der Waals surface area contributed by atoms with Gasteiger partial charge in [-0.15, -0.1) is 0 Å². The van der Waals surface area contributed by atoms with Gasteiger partial charge in [0.1, 0.15) is 0 Å². The maximum absolute atomic E-state index is 10.2. The van der Waals surface area contributed by atoms with Crippen LogP contribution >= 0.6 is 0 Å². The third kappa shape index (κ3) is 0.640. The van der Waals surface area contributed by atoms with E-state index in [1.54, 1.807) is 0 Å². The normalized spacial score (nSPS) is 46.0. The molecule has 1 nitrogen and oxygen atoms in total. The molecule has 0 amide bonds. The smallest absolute Gasteiger partial charge is 0.202 e. The molecule has 0 aromatic heterocycles. The van der Waals surface area contributed by atoms with Gasteiger partial charge in [-0.05, 0) is 24.7 Å². The summed E-state index contributed by atoms with van der Waals surface area (Å²) in [6.07, 6.45) is 8.77. The fourth-order valence-electron chi connectivity index (χ4n) is 1.92. The lowest BCUT2D eigenvalue weighted by molar-refractivity contribution is 0.490. The molecule has 2 bridgehead atoms. The summed E-state index contributed by atoms with van der Waals surface area (Å²) in [4.78, 5) is 10.2. The monoisotopic (exact) mass is 121 g/mol. The van der Waals surface area contributed by atoms with Crippen LogP contribution in [-0.4, -0.2) is 6.29 Å². The highest BCUT2D eigenvalue weighted by molar-refractivity contribution is 5.57. The second-order valence-corrected chi connectivity index (χ2v) is 3.00. The van der Waals surface area contributed by atoms with E-state index in [1.165, 1.54) is 6.42 Å². The predicted molar refractivity (Wildman–Crippen MR) is 34.5 cm³/mol. The Balaban J connectivity index is 2.19. The topological polar surface area (TPSA) is 17.1 Å². The van der Waals surface area contributed by atoms with Gasteiger partial charge in [-0.25, -0.2) is 0 Å². The van der Waals surface area contributed by atoms with Crippen molar-refractivity contribution in [2.24, 2.45) is 17.8 Å². The van der Waals surface area contributed by atoms with Crippen LogP contribution < -0.4 is 0 Å². The Hall–Kier alpha value is -0.590. The summed E-state index contributed by atoms with van der Waals surface area (Å²) in [5.74, 6) is 1.49. The molecule has 0 heterocycles. The molecule has 1 fully saturated rings. The van der Waals surface area contributed by atoms with Crippen LogP contribution in [0.25, 0.3) is 0 Å². The fraction of sp³-hybridized carbons (Fsp3) is 0.625. The third-order valence-electron chi connectivity index (χ3n) is 2.43. The summed E-state index contributed by atoms with van der Waals surface area (Å²) in [5.41, 5.74) is 0. The predicted octanol–water partition coefficient (Wildman–Crippen LogP) is 1.31. The summed E-state index contributed by atoms with van der Waals surface area (Å²) in [7, 11) is 0. The number of allylic oxidation sites excluding steroid dienone is 2. The molecule has 47 valence electrons. The highest BCUT2D eigenvalue weighted by Gasteiger charge is 2.35. The minimum absolute atomic E-state index is 0.236. The van der Waals surface area contributed by atoms with Crippen molar-refractivity contribution in [3.05, 3.63) is 12.2 Å². The van der Waals surface area contributed by atoms with Crippen molar-refractivity contribution >= 4 is 6.29 Å². The number of hydrogen-bond acceptors (Lipinski definition) is 1. The Morgan fingerprint density at radius 3 is 2.56 bits per heavy atom. The number of fused-ring (bicyclic) bond motifs is 2. The first kappa shape index (κ1) is 5.21. The molecule has 0 aliphatic heterocycles. The Labute approximate surface area is 54.8 Å². The third-order valence-corrected chi connectivity index (χ3v) is 2.43. The van der Waals surface area contributed by atoms with Gasteiger partial charge in [0, 0.05) is 5.92 Å². The first-order valence-electron chi connectivity index (χ1n) is 3.46. The molecule has 0 aromatic carbocycles.